The molecule has 0 saturated heterocycles. The molecule has 1 heterocycles. The van der Waals surface area contributed by atoms with E-state index in [0.717, 1.165) is 16.5 Å². The summed E-state index contributed by atoms with van der Waals surface area (Å²) in [6, 6.07) is 7.93. The van der Waals surface area contributed by atoms with Crippen molar-refractivity contribution in [3.63, 3.8) is 0 Å². The largest absolute Gasteiger partial charge is 0.367 e. The highest BCUT2D eigenvalue weighted by atomic mass is 15.2. The Bertz CT molecular complexity index is 523. The first-order chi connectivity index (χ1) is 7.31. The third-order valence-electron chi connectivity index (χ3n) is 2.09. The van der Waals surface area contributed by atoms with Crippen molar-refractivity contribution in [2.24, 2.45) is 21.7 Å². The minimum Gasteiger partial charge on any atom is -0.367 e. The second-order valence-electron chi connectivity index (χ2n) is 3.04. The van der Waals surface area contributed by atoms with E-state index < -0.39 is 0 Å². The quantitative estimate of drug-likeness (QED) is 0.275. The third-order valence-corrected chi connectivity index (χ3v) is 2.09. The zero-order chi connectivity index (χ0) is 10.7. The van der Waals surface area contributed by atoms with Gasteiger partial charge in [0.25, 0.3) is 0 Å². The number of para-hydroxylation sites is 1. The van der Waals surface area contributed by atoms with Crippen molar-refractivity contribution in [3.05, 3.63) is 36.0 Å². The molecule has 0 saturated carbocycles. The minimum atomic E-state index is 0.0558. The van der Waals surface area contributed by atoms with E-state index >= 15 is 0 Å². The summed E-state index contributed by atoms with van der Waals surface area (Å²) in [5, 5.41) is 4.34. The van der Waals surface area contributed by atoms with Crippen LogP contribution in [-0.2, 0) is 0 Å². The normalized spacial score (nSPS) is 12.7. The Morgan fingerprint density at radius 1 is 1.33 bits per heavy atom. The van der Waals surface area contributed by atoms with Crippen LogP contribution >= 0.6 is 0 Å². The second kappa shape index (κ2) is 3.83. The first-order valence-electron chi connectivity index (χ1n) is 4.45. The van der Waals surface area contributed by atoms with Crippen molar-refractivity contribution in [1.82, 2.24) is 4.98 Å². The molecule has 0 spiro atoms. The molecular weight excluding hydrogens is 190 g/mol. The number of nitrogens with zero attached hydrogens (tertiary/aromatic N) is 2. The van der Waals surface area contributed by atoms with E-state index in [0.29, 0.717) is 0 Å². The molecule has 15 heavy (non-hydrogen) atoms. The van der Waals surface area contributed by atoms with E-state index in [1.165, 1.54) is 0 Å². The molecule has 5 heteroatoms. The van der Waals surface area contributed by atoms with E-state index in [-0.39, 0.29) is 5.96 Å². The summed E-state index contributed by atoms with van der Waals surface area (Å²) < 4.78 is 0. The van der Waals surface area contributed by atoms with E-state index in [2.05, 4.69) is 15.1 Å². The molecule has 5 N–H and O–H groups in total. The zero-order valence-electron chi connectivity index (χ0n) is 8.01. The van der Waals surface area contributed by atoms with E-state index in [1.54, 1.807) is 6.21 Å². The van der Waals surface area contributed by atoms with Gasteiger partial charge < -0.3 is 16.6 Å². The van der Waals surface area contributed by atoms with Crippen LogP contribution in [0.5, 0.6) is 0 Å². The molecule has 0 amide bonds. The first-order valence-corrected chi connectivity index (χ1v) is 4.45. The van der Waals surface area contributed by atoms with Crippen molar-refractivity contribution in [2.75, 3.05) is 0 Å². The maximum absolute atomic E-state index is 5.35. The average molecular weight is 201 g/mol. The molecule has 76 valence electrons. The Balaban J connectivity index is 2.41. The van der Waals surface area contributed by atoms with Gasteiger partial charge >= 0.3 is 0 Å². The average Bonchev–Trinajstić information content (AvgIpc) is 2.69. The van der Waals surface area contributed by atoms with E-state index in [9.17, 15) is 0 Å². The Morgan fingerprint density at radius 2 is 2.13 bits per heavy atom. The summed E-state index contributed by atoms with van der Waals surface area (Å²) in [4.78, 5) is 7.02. The van der Waals surface area contributed by atoms with Crippen LogP contribution in [0.15, 0.2) is 40.6 Å². The highest BCUT2D eigenvalue weighted by Gasteiger charge is 1.99. The molecule has 0 aliphatic heterocycles. The lowest BCUT2D eigenvalue weighted by Gasteiger charge is -1.90. The Kier molecular flexibility index (Phi) is 2.37. The standard InChI is InChI=1S/C10H11N5/c11-10(15-12)14-6-7-5-13-9-4-2-1-3-8(7)9/h1-6,13H,12H2,(H2,11,15). The smallest absolute Gasteiger partial charge is 0.236 e. The second-order valence-corrected chi connectivity index (χ2v) is 3.04. The van der Waals surface area contributed by atoms with Crippen LogP contribution in [0.1, 0.15) is 5.56 Å². The van der Waals surface area contributed by atoms with Gasteiger partial charge in [-0.2, -0.15) is 0 Å². The summed E-state index contributed by atoms with van der Waals surface area (Å²) in [5.41, 5.74) is 7.36. The molecule has 2 rings (SSSR count). The fourth-order valence-corrected chi connectivity index (χ4v) is 1.37. The number of fused-ring (bicyclic) bond motifs is 1. The molecule has 2 aromatic rings. The van der Waals surface area contributed by atoms with Gasteiger partial charge in [-0.1, -0.05) is 18.2 Å². The zero-order valence-corrected chi connectivity index (χ0v) is 8.01. The van der Waals surface area contributed by atoms with Gasteiger partial charge in [0.05, 0.1) is 0 Å². The number of guanidine groups is 1. The predicted octanol–water partition coefficient (Wildman–Crippen LogP) is 0.775. The van der Waals surface area contributed by atoms with E-state index in [4.69, 9.17) is 11.6 Å². The molecule has 0 bridgehead atoms. The SMILES string of the molecule is N/N=C(\N)N=Cc1c[nH]c2ccccc12. The molecule has 0 aliphatic rings. The van der Waals surface area contributed by atoms with Crippen LogP contribution < -0.4 is 11.6 Å². The van der Waals surface area contributed by atoms with Gasteiger partial charge in [0.1, 0.15) is 0 Å². The Morgan fingerprint density at radius 3 is 2.93 bits per heavy atom. The fraction of sp³-hybridized carbons (Fsp3) is 0. The van der Waals surface area contributed by atoms with Gasteiger partial charge in [-0.3, -0.25) is 0 Å². The number of nitrogens with one attached hydrogen (secondary N) is 1. The van der Waals surface area contributed by atoms with Crippen molar-refractivity contribution in [2.45, 2.75) is 0 Å². The minimum absolute atomic E-state index is 0.0558. The molecule has 0 fully saturated rings. The van der Waals surface area contributed by atoms with Crippen LogP contribution in [0.2, 0.25) is 0 Å². The molecule has 0 radical (unpaired) electrons. The van der Waals surface area contributed by atoms with Crippen LogP contribution in [0, 0.1) is 0 Å². The molecule has 0 atom stereocenters. The van der Waals surface area contributed by atoms with Gasteiger partial charge in [0.15, 0.2) is 0 Å². The summed E-state index contributed by atoms with van der Waals surface area (Å²) >= 11 is 0. The van der Waals surface area contributed by atoms with Crippen LogP contribution in [0.3, 0.4) is 0 Å². The van der Waals surface area contributed by atoms with Crippen molar-refractivity contribution in [3.8, 4) is 0 Å². The van der Waals surface area contributed by atoms with Gasteiger partial charge in [-0.25, -0.2) is 4.99 Å². The number of hydrazone groups is 1. The summed E-state index contributed by atoms with van der Waals surface area (Å²) in [7, 11) is 0. The van der Waals surface area contributed by atoms with Gasteiger partial charge in [0, 0.05) is 28.9 Å². The number of aromatic nitrogens is 1. The lowest BCUT2D eigenvalue weighted by Crippen LogP contribution is -2.10. The van der Waals surface area contributed by atoms with Crippen molar-refractivity contribution >= 4 is 23.1 Å². The molecule has 5 nitrogen and oxygen atoms in total. The number of hydrogen-bond acceptors (Lipinski definition) is 2. The summed E-state index contributed by atoms with van der Waals surface area (Å²) in [5.74, 6) is 5.02. The molecule has 0 aliphatic carbocycles. The molecule has 0 unspecified atom stereocenters. The summed E-state index contributed by atoms with van der Waals surface area (Å²) in [6.45, 7) is 0. The highest BCUT2D eigenvalue weighted by molar-refractivity contribution is 6.02. The highest BCUT2D eigenvalue weighted by Crippen LogP contribution is 2.15. The fourth-order valence-electron chi connectivity index (χ4n) is 1.37. The van der Waals surface area contributed by atoms with Gasteiger partial charge in [0.2, 0.25) is 5.96 Å². The number of hydrogen-bond donors (Lipinski definition) is 3. The molecule has 1 aromatic carbocycles. The summed E-state index contributed by atoms with van der Waals surface area (Å²) in [6.07, 6.45) is 3.49. The van der Waals surface area contributed by atoms with Crippen LogP contribution in [0.4, 0.5) is 0 Å². The molecule has 1 aromatic heterocycles. The Hall–Kier alpha value is -2.30. The number of rotatable bonds is 1. The predicted molar refractivity (Wildman–Crippen MR) is 61.7 cm³/mol. The van der Waals surface area contributed by atoms with Crippen molar-refractivity contribution in [1.29, 1.82) is 0 Å². The van der Waals surface area contributed by atoms with Crippen molar-refractivity contribution < 1.29 is 0 Å². The monoisotopic (exact) mass is 201 g/mol. The van der Waals surface area contributed by atoms with Crippen LogP contribution in [0.25, 0.3) is 10.9 Å². The van der Waals surface area contributed by atoms with E-state index in [1.807, 2.05) is 30.5 Å². The molecular formula is C10H11N5. The number of nitrogens with two attached hydrogens (primary N) is 2. The van der Waals surface area contributed by atoms with Crippen LogP contribution in [-0.4, -0.2) is 17.2 Å². The van der Waals surface area contributed by atoms with Gasteiger partial charge in [-0.05, 0) is 6.07 Å². The number of H-pyrrole nitrogens is 1. The first kappa shape index (κ1) is 9.26. The topological polar surface area (TPSA) is 92.5 Å². The van der Waals surface area contributed by atoms with Gasteiger partial charge in [-0.15, -0.1) is 5.10 Å². The number of benzene rings is 1. The third kappa shape index (κ3) is 1.80. The lowest BCUT2D eigenvalue weighted by atomic mass is 10.2. The number of aliphatic imine (C=N–C) groups is 1. The maximum Gasteiger partial charge on any atom is 0.236 e. The maximum atomic E-state index is 5.35. The number of aromatic amines is 1. The lowest BCUT2D eigenvalue weighted by molar-refractivity contribution is 1.21. The Labute approximate surface area is 86.5 Å².